The van der Waals surface area contributed by atoms with E-state index >= 15 is 0 Å². The van der Waals surface area contributed by atoms with Crippen LogP contribution in [0.25, 0.3) is 116 Å². The van der Waals surface area contributed by atoms with E-state index in [-0.39, 0.29) is 0 Å². The first-order chi connectivity index (χ1) is 37.7. The van der Waals surface area contributed by atoms with Gasteiger partial charge in [-0.15, -0.1) is 0 Å². The summed E-state index contributed by atoms with van der Waals surface area (Å²) < 4.78 is 7.11. The van der Waals surface area contributed by atoms with Crippen molar-refractivity contribution in [2.45, 2.75) is 0 Å². The SMILES string of the molecule is c1ccc2c(c#1)c1ccccc1n2-c1cccc(-c2ccc(N(c3ccc(-c4cccc(-n5c6ccccc6c6ccccc65)c4)cc3)c3ccc(-c4cccc(-n5c6ccccc6c6ccccc65)c4)cc3)cc2)c1. The molecule has 0 N–H and O–H groups in total. The van der Waals surface area contributed by atoms with Crippen molar-refractivity contribution < 1.29 is 0 Å². The van der Waals surface area contributed by atoms with Crippen LogP contribution in [0, 0.1) is 12.1 Å². The summed E-state index contributed by atoms with van der Waals surface area (Å²) in [7, 11) is 0. The average Bonchev–Trinajstić information content (AvgIpc) is 4.20. The fourth-order valence-electron chi connectivity index (χ4n) is 11.8. The highest BCUT2D eigenvalue weighted by molar-refractivity contribution is 6.11. The van der Waals surface area contributed by atoms with E-state index in [1.54, 1.807) is 0 Å². The van der Waals surface area contributed by atoms with Crippen LogP contribution >= 0.6 is 0 Å². The van der Waals surface area contributed by atoms with Gasteiger partial charge in [0.05, 0.1) is 38.5 Å². The van der Waals surface area contributed by atoms with Crippen LogP contribution in [0.4, 0.5) is 17.1 Å². The van der Waals surface area contributed by atoms with Gasteiger partial charge < -0.3 is 18.6 Å². The largest absolute Gasteiger partial charge is 0.311 e. The van der Waals surface area contributed by atoms with E-state index in [0.29, 0.717) is 0 Å². The molecule has 4 heteroatoms. The molecule has 4 nitrogen and oxygen atoms in total. The Balaban J connectivity index is 0.800. The van der Waals surface area contributed by atoms with E-state index < -0.39 is 0 Å². The summed E-state index contributed by atoms with van der Waals surface area (Å²) in [5, 5.41) is 7.28. The second-order valence-electron chi connectivity index (χ2n) is 19.6. The van der Waals surface area contributed by atoms with Crippen LogP contribution in [0.3, 0.4) is 0 Å². The monoisotopic (exact) mass is 966 g/mol. The molecule has 0 radical (unpaired) electrons. The van der Waals surface area contributed by atoms with Gasteiger partial charge >= 0.3 is 0 Å². The Labute approximate surface area is 440 Å². The van der Waals surface area contributed by atoms with Gasteiger partial charge in [0, 0.05) is 61.1 Å². The number of para-hydroxylation sites is 5. The van der Waals surface area contributed by atoms with Gasteiger partial charge in [-0.2, -0.15) is 0 Å². The third-order valence-corrected chi connectivity index (χ3v) is 15.3. The molecule has 15 rings (SSSR count). The first kappa shape index (κ1) is 43.3. The average molecular weight is 967 g/mol. The molecule has 354 valence electrons. The van der Waals surface area contributed by atoms with Crippen LogP contribution < -0.4 is 4.90 Å². The molecular weight excluding hydrogens is 921 g/mol. The Hall–Kier alpha value is -10.3. The van der Waals surface area contributed by atoms with Crippen LogP contribution in [0.2, 0.25) is 0 Å². The van der Waals surface area contributed by atoms with Crippen LogP contribution in [-0.4, -0.2) is 13.7 Å². The predicted octanol–water partition coefficient (Wildman–Crippen LogP) is 19.0. The molecule has 0 unspecified atom stereocenters. The Bertz CT molecular complexity index is 4050. The van der Waals surface area contributed by atoms with Gasteiger partial charge in [0.15, 0.2) is 0 Å². The highest BCUT2D eigenvalue weighted by atomic mass is 15.1. The van der Waals surface area contributed by atoms with Gasteiger partial charge in [-0.1, -0.05) is 176 Å². The first-order valence-corrected chi connectivity index (χ1v) is 25.9. The second-order valence-corrected chi connectivity index (χ2v) is 19.6. The molecular formula is C72H46N4. The lowest BCUT2D eigenvalue weighted by atomic mass is 10.0. The number of fused-ring (bicyclic) bond motifs is 9. The molecule has 0 saturated carbocycles. The molecule has 76 heavy (non-hydrogen) atoms. The van der Waals surface area contributed by atoms with Gasteiger partial charge in [-0.25, -0.2) is 0 Å². The van der Waals surface area contributed by atoms with E-state index in [4.69, 9.17) is 0 Å². The summed E-state index contributed by atoms with van der Waals surface area (Å²) in [5.41, 5.74) is 20.6. The van der Waals surface area contributed by atoms with Crippen molar-refractivity contribution in [3.8, 4) is 50.4 Å². The van der Waals surface area contributed by atoms with E-state index in [1.165, 1.54) is 49.0 Å². The van der Waals surface area contributed by atoms with Crippen molar-refractivity contribution >= 4 is 82.5 Å². The fourth-order valence-corrected chi connectivity index (χ4v) is 11.8. The highest BCUT2D eigenvalue weighted by Gasteiger charge is 2.18. The molecule has 0 spiro atoms. The molecule has 0 amide bonds. The predicted molar refractivity (Wildman–Crippen MR) is 318 cm³/mol. The molecule has 3 aromatic heterocycles. The zero-order valence-electron chi connectivity index (χ0n) is 41.3. The van der Waals surface area contributed by atoms with Crippen molar-refractivity contribution in [1.82, 2.24) is 13.7 Å². The van der Waals surface area contributed by atoms with Crippen LogP contribution in [0.5, 0.6) is 0 Å². The van der Waals surface area contributed by atoms with Gasteiger partial charge in [0.25, 0.3) is 0 Å². The number of anilines is 3. The first-order valence-electron chi connectivity index (χ1n) is 25.9. The maximum Gasteiger partial charge on any atom is 0.0631 e. The molecule has 3 heterocycles. The second kappa shape index (κ2) is 17.7. The Morgan fingerprint density at radius 2 is 0.566 bits per heavy atom. The van der Waals surface area contributed by atoms with Gasteiger partial charge in [-0.05, 0) is 149 Å². The van der Waals surface area contributed by atoms with Gasteiger partial charge in [0.1, 0.15) is 0 Å². The summed E-state index contributed by atoms with van der Waals surface area (Å²) in [6.07, 6.45) is 0. The summed E-state index contributed by atoms with van der Waals surface area (Å²) in [5.74, 6) is 0. The van der Waals surface area contributed by atoms with Crippen LogP contribution in [0.1, 0.15) is 0 Å². The lowest BCUT2D eigenvalue weighted by Gasteiger charge is -2.26. The maximum absolute atomic E-state index is 3.38. The Morgan fingerprint density at radius 1 is 0.250 bits per heavy atom. The van der Waals surface area contributed by atoms with E-state index in [2.05, 4.69) is 304 Å². The van der Waals surface area contributed by atoms with Crippen molar-refractivity contribution in [1.29, 1.82) is 0 Å². The summed E-state index contributed by atoms with van der Waals surface area (Å²) in [4.78, 5) is 2.36. The minimum Gasteiger partial charge on any atom is -0.311 e. The third kappa shape index (κ3) is 7.10. The number of nitrogens with zero attached hydrogens (tertiary/aromatic N) is 4. The van der Waals surface area contributed by atoms with Crippen molar-refractivity contribution in [2.75, 3.05) is 4.90 Å². The summed E-state index contributed by atoms with van der Waals surface area (Å²) >= 11 is 0. The molecule has 0 fully saturated rings. The van der Waals surface area contributed by atoms with Crippen molar-refractivity contribution in [3.05, 3.63) is 291 Å². The van der Waals surface area contributed by atoms with Gasteiger partial charge in [0.2, 0.25) is 0 Å². The van der Waals surface area contributed by atoms with Crippen molar-refractivity contribution in [3.63, 3.8) is 0 Å². The third-order valence-electron chi connectivity index (χ3n) is 15.3. The van der Waals surface area contributed by atoms with Crippen LogP contribution in [0.15, 0.2) is 279 Å². The van der Waals surface area contributed by atoms with E-state index in [9.17, 15) is 0 Å². The number of benzene rings is 11. The van der Waals surface area contributed by atoms with E-state index in [0.717, 1.165) is 83.9 Å². The molecule has 0 saturated heterocycles. The van der Waals surface area contributed by atoms with Crippen molar-refractivity contribution in [2.24, 2.45) is 0 Å². The minimum absolute atomic E-state index is 1.07. The lowest BCUT2D eigenvalue weighted by molar-refractivity contribution is 1.18. The molecule has 0 atom stereocenters. The fraction of sp³-hybridized carbons (Fsp3) is 0. The summed E-state index contributed by atoms with van der Waals surface area (Å²) in [6.45, 7) is 0. The molecule has 0 aliphatic heterocycles. The standard InChI is InChI=1S/C72H46N4/c1-7-28-67-61(22-1)62-23-2-8-29-68(62)74(67)58-19-13-16-52(46-58)49-34-40-55(41-35-49)73(56-42-36-50(37-43-56)53-17-14-20-59(47-53)75-69-30-9-3-24-63(69)64-25-4-10-31-70(64)75)57-44-38-51(39-45-57)54-18-15-21-60(48-54)76-71-32-11-5-26-65(71)66-27-6-12-33-72(66)76/h1-5,7-26,28-48H. The topological polar surface area (TPSA) is 18.0 Å². The lowest BCUT2D eigenvalue weighted by Crippen LogP contribution is -2.09. The molecule has 0 aliphatic carbocycles. The Morgan fingerprint density at radius 3 is 0.934 bits per heavy atom. The zero-order valence-corrected chi connectivity index (χ0v) is 41.3. The molecule has 0 aliphatic rings. The Kier molecular flexibility index (Phi) is 10.1. The number of hydrogen-bond donors (Lipinski definition) is 0. The quantitative estimate of drug-likeness (QED) is 0.141. The van der Waals surface area contributed by atoms with E-state index in [1.807, 2.05) is 6.07 Å². The van der Waals surface area contributed by atoms with Crippen LogP contribution in [-0.2, 0) is 0 Å². The summed E-state index contributed by atoms with van der Waals surface area (Å²) in [6, 6.07) is 108. The number of rotatable bonds is 9. The molecule has 0 bridgehead atoms. The molecule has 12 aromatic carbocycles. The normalized spacial score (nSPS) is 11.6. The highest BCUT2D eigenvalue weighted by Crippen LogP contribution is 2.41. The minimum atomic E-state index is 1.07. The number of hydrogen-bond acceptors (Lipinski definition) is 1. The zero-order chi connectivity index (χ0) is 50.1. The van der Waals surface area contributed by atoms with Gasteiger partial charge in [-0.3, -0.25) is 0 Å². The maximum atomic E-state index is 3.38. The molecule has 15 aromatic rings. The smallest absolute Gasteiger partial charge is 0.0631 e. The number of aromatic nitrogens is 3.